The maximum Gasteiger partial charge on any atom is 0.282 e. The van der Waals surface area contributed by atoms with E-state index in [-0.39, 0.29) is 15.3 Å². The second kappa shape index (κ2) is 8.42. The van der Waals surface area contributed by atoms with Crippen molar-refractivity contribution in [3.63, 3.8) is 0 Å². The zero-order chi connectivity index (χ0) is 23.2. The van der Waals surface area contributed by atoms with Gasteiger partial charge in [0.05, 0.1) is 18.1 Å². The van der Waals surface area contributed by atoms with Crippen molar-refractivity contribution >= 4 is 9.84 Å². The van der Waals surface area contributed by atoms with Gasteiger partial charge < -0.3 is 4.74 Å². The molecule has 0 N–H and O–H groups in total. The van der Waals surface area contributed by atoms with Gasteiger partial charge in [0.2, 0.25) is 9.84 Å². The minimum absolute atomic E-state index is 0.0550. The minimum atomic E-state index is -3.87. The number of fused-ring (bicyclic) bond motifs is 5. The van der Waals surface area contributed by atoms with Gasteiger partial charge in [0.15, 0.2) is 0 Å². The van der Waals surface area contributed by atoms with E-state index in [1.807, 2.05) is 6.92 Å². The second-order valence-corrected chi connectivity index (χ2v) is 11.9. The van der Waals surface area contributed by atoms with Crippen LogP contribution in [0.4, 0.5) is 0 Å². The van der Waals surface area contributed by atoms with Crippen molar-refractivity contribution in [3.05, 3.63) is 87.2 Å². The fraction of sp³-hybridized carbons (Fsp3) is 0.464. The van der Waals surface area contributed by atoms with E-state index in [1.165, 1.54) is 11.1 Å². The molecule has 0 radical (unpaired) electrons. The van der Waals surface area contributed by atoms with Gasteiger partial charge in [-0.15, -0.1) is 0 Å². The number of rotatable bonds is 4. The lowest BCUT2D eigenvalue weighted by Crippen LogP contribution is -2.44. The molecular formula is C28H31NO3S. The summed E-state index contributed by atoms with van der Waals surface area (Å²) in [4.78, 5) is 3.90. The summed E-state index contributed by atoms with van der Waals surface area (Å²) in [5, 5.41) is -0.0550. The fourth-order valence-electron chi connectivity index (χ4n) is 7.11. The summed E-state index contributed by atoms with van der Waals surface area (Å²) in [6.07, 6.45) is 5.70. The van der Waals surface area contributed by atoms with Crippen LogP contribution in [0.1, 0.15) is 54.7 Å². The maximum absolute atomic E-state index is 13.6. The highest BCUT2D eigenvalue weighted by molar-refractivity contribution is 7.95. The third-order valence-electron chi connectivity index (χ3n) is 8.50. The molecule has 0 heterocycles. The highest BCUT2D eigenvalue weighted by atomic mass is 32.2. The van der Waals surface area contributed by atoms with E-state index in [1.54, 1.807) is 31.4 Å². The SMILES string of the molecule is [C-]#[N+]C(=C1CC[C@H]2[C@@H]3CCc4ccccc4[C@H]3CC[C@]12COC)S(=O)(=O)c1ccc(C)cc1. The van der Waals surface area contributed by atoms with Crippen LogP contribution >= 0.6 is 0 Å². The van der Waals surface area contributed by atoms with Gasteiger partial charge in [-0.05, 0) is 92.0 Å². The Hall–Kier alpha value is -2.42. The molecule has 4 nitrogen and oxygen atoms in total. The monoisotopic (exact) mass is 461 g/mol. The lowest BCUT2D eigenvalue weighted by molar-refractivity contribution is 0.00124. The molecule has 2 fully saturated rings. The van der Waals surface area contributed by atoms with E-state index in [2.05, 4.69) is 29.1 Å². The van der Waals surface area contributed by atoms with E-state index in [0.717, 1.165) is 43.2 Å². The highest BCUT2D eigenvalue weighted by Gasteiger charge is 2.56. The summed E-state index contributed by atoms with van der Waals surface area (Å²) in [5.41, 5.74) is 4.41. The minimum Gasteiger partial charge on any atom is -0.384 e. The third kappa shape index (κ3) is 3.47. The van der Waals surface area contributed by atoms with Gasteiger partial charge in [-0.1, -0.05) is 42.0 Å². The zero-order valence-electron chi connectivity index (χ0n) is 19.4. The quantitative estimate of drug-likeness (QED) is 0.518. The summed E-state index contributed by atoms with van der Waals surface area (Å²) in [5.74, 6) is 1.38. The van der Waals surface area contributed by atoms with Crippen LogP contribution in [0.25, 0.3) is 4.85 Å². The number of sulfone groups is 1. The largest absolute Gasteiger partial charge is 0.384 e. The van der Waals surface area contributed by atoms with Crippen molar-refractivity contribution in [3.8, 4) is 0 Å². The van der Waals surface area contributed by atoms with Gasteiger partial charge in [0, 0.05) is 12.5 Å². The van der Waals surface area contributed by atoms with Crippen LogP contribution in [0.5, 0.6) is 0 Å². The van der Waals surface area contributed by atoms with Crippen molar-refractivity contribution in [1.82, 2.24) is 0 Å². The lowest BCUT2D eigenvalue weighted by Gasteiger charge is -2.51. The molecule has 2 saturated carbocycles. The Morgan fingerprint density at radius 3 is 2.58 bits per heavy atom. The van der Waals surface area contributed by atoms with Crippen LogP contribution in [0, 0.1) is 30.7 Å². The predicted octanol–water partition coefficient (Wildman–Crippen LogP) is 6.08. The van der Waals surface area contributed by atoms with Crippen molar-refractivity contribution in [2.24, 2.45) is 17.3 Å². The Bertz CT molecular complexity index is 1240. The Morgan fingerprint density at radius 2 is 1.85 bits per heavy atom. The Kier molecular flexibility index (Phi) is 5.71. The van der Waals surface area contributed by atoms with Crippen LogP contribution in [-0.2, 0) is 21.0 Å². The summed E-state index contributed by atoms with van der Waals surface area (Å²) >= 11 is 0. The average molecular weight is 462 g/mol. The first-order valence-corrected chi connectivity index (χ1v) is 13.4. The van der Waals surface area contributed by atoms with Crippen LogP contribution in [0.2, 0.25) is 0 Å². The number of methoxy groups -OCH3 is 1. The zero-order valence-corrected chi connectivity index (χ0v) is 20.2. The van der Waals surface area contributed by atoms with E-state index < -0.39 is 9.84 Å². The normalized spacial score (nSPS) is 30.0. The molecule has 172 valence electrons. The fourth-order valence-corrected chi connectivity index (χ4v) is 8.58. The number of hydrogen-bond donors (Lipinski definition) is 0. The molecule has 0 amide bonds. The molecule has 33 heavy (non-hydrogen) atoms. The van der Waals surface area contributed by atoms with Crippen molar-refractivity contribution in [2.45, 2.75) is 56.3 Å². The molecule has 5 heteroatoms. The molecule has 0 aliphatic heterocycles. The molecule has 5 rings (SSSR count). The van der Waals surface area contributed by atoms with E-state index in [0.29, 0.717) is 30.8 Å². The van der Waals surface area contributed by atoms with Crippen molar-refractivity contribution in [2.75, 3.05) is 13.7 Å². The number of ether oxygens (including phenoxy) is 1. The molecule has 0 unspecified atom stereocenters. The predicted molar refractivity (Wildman–Crippen MR) is 129 cm³/mol. The molecule has 0 aromatic heterocycles. The molecule has 3 aliphatic rings. The summed E-state index contributed by atoms with van der Waals surface area (Å²) in [6, 6.07) is 15.7. The van der Waals surface area contributed by atoms with Crippen LogP contribution < -0.4 is 0 Å². The van der Waals surface area contributed by atoms with E-state index in [4.69, 9.17) is 11.3 Å². The Balaban J connectivity index is 1.60. The molecule has 0 spiro atoms. The van der Waals surface area contributed by atoms with Gasteiger partial charge >= 0.3 is 0 Å². The van der Waals surface area contributed by atoms with Gasteiger partial charge in [0.25, 0.3) is 5.03 Å². The van der Waals surface area contributed by atoms with E-state index >= 15 is 0 Å². The third-order valence-corrected chi connectivity index (χ3v) is 10.2. The average Bonchev–Trinajstić information content (AvgIpc) is 3.19. The Labute approximate surface area is 197 Å². The number of aryl methyl sites for hydroxylation is 2. The lowest BCUT2D eigenvalue weighted by atomic mass is 9.54. The first-order valence-electron chi connectivity index (χ1n) is 11.9. The van der Waals surface area contributed by atoms with Gasteiger partial charge in [-0.2, -0.15) is 0 Å². The van der Waals surface area contributed by atoms with Gasteiger partial charge in [0.1, 0.15) is 0 Å². The molecule has 4 atom stereocenters. The highest BCUT2D eigenvalue weighted by Crippen LogP contribution is 2.64. The maximum atomic E-state index is 13.6. The summed E-state index contributed by atoms with van der Waals surface area (Å²) in [7, 11) is -2.16. The topological polar surface area (TPSA) is 47.7 Å². The first kappa shape index (κ1) is 22.4. The summed E-state index contributed by atoms with van der Waals surface area (Å²) in [6.45, 7) is 10.3. The number of hydrogen-bond acceptors (Lipinski definition) is 3. The number of nitrogens with zero attached hydrogens (tertiary/aromatic N) is 1. The van der Waals surface area contributed by atoms with Crippen molar-refractivity contribution in [1.29, 1.82) is 0 Å². The van der Waals surface area contributed by atoms with E-state index in [9.17, 15) is 8.42 Å². The van der Waals surface area contributed by atoms with Crippen LogP contribution in [-0.4, -0.2) is 22.1 Å². The van der Waals surface area contributed by atoms with Crippen molar-refractivity contribution < 1.29 is 13.2 Å². The molecule has 2 aromatic carbocycles. The molecule has 0 bridgehead atoms. The molecule has 2 aromatic rings. The standard InChI is InChI=1S/C28H31NO3S/c1-19-8-11-21(12-9-19)33(30,31)27(29-2)26-15-14-25-24-13-10-20-6-4-5-7-22(20)23(24)16-17-28(25,26)18-32-3/h4-9,11-12,23-25H,10,13-18H2,1,3H3/t23-,24-,25+,28-/m1/s1. The molecule has 0 saturated heterocycles. The second-order valence-electron chi connectivity index (χ2n) is 9.99. The van der Waals surface area contributed by atoms with Gasteiger partial charge in [-0.3, -0.25) is 0 Å². The molecule has 3 aliphatic carbocycles. The number of benzene rings is 2. The molecular weight excluding hydrogens is 430 g/mol. The van der Waals surface area contributed by atoms with Crippen LogP contribution in [0.15, 0.2) is 64.0 Å². The van der Waals surface area contributed by atoms with Crippen LogP contribution in [0.3, 0.4) is 0 Å². The first-order chi connectivity index (χ1) is 15.9. The smallest absolute Gasteiger partial charge is 0.282 e. The van der Waals surface area contributed by atoms with Gasteiger partial charge in [-0.25, -0.2) is 13.3 Å². The summed E-state index contributed by atoms with van der Waals surface area (Å²) < 4.78 is 33.0. The Morgan fingerprint density at radius 1 is 1.09 bits per heavy atom.